The van der Waals surface area contributed by atoms with Crippen molar-refractivity contribution in [1.82, 2.24) is 15.1 Å². The van der Waals surface area contributed by atoms with Gasteiger partial charge in [0.2, 0.25) is 0 Å². The maximum Gasteiger partial charge on any atom is 0.325 e. The highest BCUT2D eigenvalue weighted by atomic mass is 35.5. The van der Waals surface area contributed by atoms with Crippen molar-refractivity contribution >= 4 is 35.1 Å². The fraction of sp³-hybridized carbons (Fsp3) is 0.312. The lowest BCUT2D eigenvalue weighted by Gasteiger charge is -2.09. The molecule has 0 spiro atoms. The molecule has 0 radical (unpaired) electrons. The Balaban J connectivity index is 2.02. The average molecular weight is 368 g/mol. The molecule has 126 valence electrons. The summed E-state index contributed by atoms with van der Waals surface area (Å²) in [6.45, 7) is 1.41. The van der Waals surface area contributed by atoms with Crippen LogP contribution in [0.5, 0.6) is 0 Å². The van der Waals surface area contributed by atoms with Gasteiger partial charge in [-0.3, -0.25) is 9.59 Å². The van der Waals surface area contributed by atoms with Crippen molar-refractivity contribution in [3.05, 3.63) is 45.2 Å². The number of fused-ring (bicyclic) bond motifs is 1. The van der Waals surface area contributed by atoms with Crippen molar-refractivity contribution in [3.8, 4) is 5.69 Å². The molecule has 1 aromatic carbocycles. The van der Waals surface area contributed by atoms with Crippen molar-refractivity contribution in [2.75, 3.05) is 0 Å². The first-order chi connectivity index (χ1) is 11.4. The van der Waals surface area contributed by atoms with Crippen LogP contribution in [0.4, 0.5) is 0 Å². The lowest BCUT2D eigenvalue weighted by atomic mass is 10.2. The smallest absolute Gasteiger partial charge is 0.325 e. The number of carboxylic acids is 1. The Labute approximate surface area is 148 Å². The Kier molecular flexibility index (Phi) is 4.51. The summed E-state index contributed by atoms with van der Waals surface area (Å²) in [7, 11) is 0. The van der Waals surface area contributed by atoms with Crippen LogP contribution >= 0.6 is 23.2 Å². The van der Waals surface area contributed by atoms with Gasteiger partial charge in [0.25, 0.3) is 5.91 Å². The molecule has 1 aliphatic carbocycles. The number of aliphatic carboxylic acids is 1. The zero-order valence-electron chi connectivity index (χ0n) is 12.8. The van der Waals surface area contributed by atoms with E-state index in [0.29, 0.717) is 15.7 Å². The molecule has 2 aromatic rings. The molecule has 2 N–H and O–H groups in total. The quantitative estimate of drug-likeness (QED) is 0.869. The maximum absolute atomic E-state index is 12.4. The van der Waals surface area contributed by atoms with E-state index in [4.69, 9.17) is 28.3 Å². The van der Waals surface area contributed by atoms with E-state index in [-0.39, 0.29) is 5.69 Å². The molecule has 1 atom stereocenters. The third-order valence-electron chi connectivity index (χ3n) is 4.00. The minimum atomic E-state index is -1.10. The molecule has 0 aliphatic heterocycles. The zero-order valence-corrected chi connectivity index (χ0v) is 14.4. The van der Waals surface area contributed by atoms with Gasteiger partial charge in [0.15, 0.2) is 5.69 Å². The second kappa shape index (κ2) is 6.45. The molecule has 1 aromatic heterocycles. The third kappa shape index (κ3) is 2.99. The predicted molar refractivity (Wildman–Crippen MR) is 90.2 cm³/mol. The highest BCUT2D eigenvalue weighted by molar-refractivity contribution is 6.35. The second-order valence-electron chi connectivity index (χ2n) is 5.67. The van der Waals surface area contributed by atoms with Gasteiger partial charge in [-0.2, -0.15) is 5.10 Å². The lowest BCUT2D eigenvalue weighted by Crippen LogP contribution is -2.38. The summed E-state index contributed by atoms with van der Waals surface area (Å²) in [6, 6.07) is 4.09. The van der Waals surface area contributed by atoms with E-state index < -0.39 is 17.9 Å². The van der Waals surface area contributed by atoms with Crippen LogP contribution in [0.15, 0.2) is 18.2 Å². The Morgan fingerprint density at radius 1 is 1.33 bits per heavy atom. The lowest BCUT2D eigenvalue weighted by molar-refractivity contribution is -0.138. The molecule has 0 fully saturated rings. The molecule has 1 amide bonds. The average Bonchev–Trinajstić information content (AvgIpc) is 3.09. The molecular weight excluding hydrogens is 353 g/mol. The number of nitrogens with one attached hydrogen (secondary N) is 1. The number of carbonyl (C=O) groups excluding carboxylic acids is 1. The van der Waals surface area contributed by atoms with Gasteiger partial charge in [0.1, 0.15) is 6.04 Å². The standard InChI is InChI=1S/C16H15Cl2N3O3/c1-8(16(23)24)19-15(22)14-10-3-2-4-12(10)21(20-14)13-6-5-9(17)7-11(13)18/h5-8H,2-4H2,1H3,(H,19,22)(H,23,24)/t8-/m0/s1. The first kappa shape index (κ1) is 16.8. The van der Waals surface area contributed by atoms with Gasteiger partial charge in [0.05, 0.1) is 10.7 Å². The summed E-state index contributed by atoms with van der Waals surface area (Å²) in [6.07, 6.45) is 2.42. The SMILES string of the molecule is C[C@H](NC(=O)c1nn(-c2ccc(Cl)cc2Cl)c2c1CCC2)C(=O)O. The molecule has 0 saturated heterocycles. The zero-order chi connectivity index (χ0) is 17.4. The first-order valence-corrected chi connectivity index (χ1v) is 8.24. The Morgan fingerprint density at radius 3 is 2.75 bits per heavy atom. The van der Waals surface area contributed by atoms with Crippen LogP contribution in [-0.2, 0) is 17.6 Å². The normalized spacial score (nSPS) is 14.3. The van der Waals surface area contributed by atoms with Gasteiger partial charge in [-0.05, 0) is 44.4 Å². The number of amides is 1. The highest BCUT2D eigenvalue weighted by Gasteiger charge is 2.28. The minimum absolute atomic E-state index is 0.251. The number of halogens is 2. The number of aromatic nitrogens is 2. The van der Waals surface area contributed by atoms with Crippen molar-refractivity contribution in [3.63, 3.8) is 0 Å². The number of carbonyl (C=O) groups is 2. The van der Waals surface area contributed by atoms with E-state index in [1.165, 1.54) is 6.92 Å². The van der Waals surface area contributed by atoms with Crippen LogP contribution in [0.1, 0.15) is 35.1 Å². The van der Waals surface area contributed by atoms with Crippen LogP contribution in [-0.4, -0.2) is 32.8 Å². The van der Waals surface area contributed by atoms with E-state index in [9.17, 15) is 9.59 Å². The minimum Gasteiger partial charge on any atom is -0.480 e. The van der Waals surface area contributed by atoms with Gasteiger partial charge in [-0.1, -0.05) is 23.2 Å². The number of nitrogens with zero attached hydrogens (tertiary/aromatic N) is 2. The van der Waals surface area contributed by atoms with Crippen molar-refractivity contribution in [2.45, 2.75) is 32.2 Å². The number of carboxylic acid groups (broad SMARTS) is 1. The molecule has 0 unspecified atom stereocenters. The fourth-order valence-electron chi connectivity index (χ4n) is 2.80. The Bertz CT molecular complexity index is 832. The van der Waals surface area contributed by atoms with Crippen molar-refractivity contribution in [2.24, 2.45) is 0 Å². The van der Waals surface area contributed by atoms with Crippen molar-refractivity contribution < 1.29 is 14.7 Å². The van der Waals surface area contributed by atoms with E-state index in [2.05, 4.69) is 10.4 Å². The summed E-state index contributed by atoms with van der Waals surface area (Å²) in [4.78, 5) is 23.3. The van der Waals surface area contributed by atoms with E-state index in [0.717, 1.165) is 30.5 Å². The van der Waals surface area contributed by atoms with Crippen molar-refractivity contribution in [1.29, 1.82) is 0 Å². The van der Waals surface area contributed by atoms with Gasteiger partial charge in [-0.15, -0.1) is 0 Å². The number of hydrogen-bond acceptors (Lipinski definition) is 3. The van der Waals surface area contributed by atoms with Crippen LogP contribution < -0.4 is 5.32 Å². The van der Waals surface area contributed by atoms with Crippen LogP contribution in [0.25, 0.3) is 5.69 Å². The molecule has 24 heavy (non-hydrogen) atoms. The van der Waals surface area contributed by atoms with Crippen LogP contribution in [0, 0.1) is 0 Å². The highest BCUT2D eigenvalue weighted by Crippen LogP contribution is 2.31. The van der Waals surface area contributed by atoms with Gasteiger partial charge in [-0.25, -0.2) is 4.68 Å². The summed E-state index contributed by atoms with van der Waals surface area (Å²) >= 11 is 12.2. The largest absolute Gasteiger partial charge is 0.480 e. The van der Waals surface area contributed by atoms with Gasteiger partial charge in [0, 0.05) is 16.3 Å². The molecular formula is C16H15Cl2N3O3. The number of hydrogen-bond donors (Lipinski definition) is 2. The monoisotopic (exact) mass is 367 g/mol. The fourth-order valence-corrected chi connectivity index (χ4v) is 3.29. The van der Waals surface area contributed by atoms with E-state index in [1.807, 2.05) is 0 Å². The third-order valence-corrected chi connectivity index (χ3v) is 4.54. The number of rotatable bonds is 4. The Hall–Kier alpha value is -2.05. The summed E-state index contributed by atoms with van der Waals surface area (Å²) in [5.74, 6) is -1.59. The van der Waals surface area contributed by atoms with Gasteiger partial charge >= 0.3 is 5.97 Å². The molecule has 0 saturated carbocycles. The van der Waals surface area contributed by atoms with E-state index >= 15 is 0 Å². The molecule has 3 rings (SSSR count). The topological polar surface area (TPSA) is 84.2 Å². The second-order valence-corrected chi connectivity index (χ2v) is 6.51. The summed E-state index contributed by atoms with van der Waals surface area (Å²) in [5, 5.41) is 16.7. The summed E-state index contributed by atoms with van der Waals surface area (Å²) in [5.41, 5.74) is 2.66. The van der Waals surface area contributed by atoms with E-state index in [1.54, 1.807) is 22.9 Å². The Morgan fingerprint density at radius 2 is 2.08 bits per heavy atom. The first-order valence-electron chi connectivity index (χ1n) is 7.48. The molecule has 1 heterocycles. The molecule has 8 heteroatoms. The molecule has 1 aliphatic rings. The maximum atomic E-state index is 12.4. The predicted octanol–water partition coefficient (Wildman–Crippen LogP) is 2.87. The van der Waals surface area contributed by atoms with Gasteiger partial charge < -0.3 is 10.4 Å². The number of benzene rings is 1. The van der Waals surface area contributed by atoms with Crippen LogP contribution in [0.3, 0.4) is 0 Å². The van der Waals surface area contributed by atoms with Crippen LogP contribution in [0.2, 0.25) is 10.0 Å². The molecule has 6 nitrogen and oxygen atoms in total. The molecule has 0 bridgehead atoms. The summed E-state index contributed by atoms with van der Waals surface area (Å²) < 4.78 is 1.65.